The van der Waals surface area contributed by atoms with Gasteiger partial charge in [0, 0.05) is 0 Å². The molecule has 0 saturated carbocycles. The molecule has 3 nitrogen and oxygen atoms in total. The van der Waals surface area contributed by atoms with Gasteiger partial charge in [0.05, 0.1) is 10.9 Å². The van der Waals surface area contributed by atoms with Crippen LogP contribution in [0.1, 0.15) is 0 Å². The summed E-state index contributed by atoms with van der Waals surface area (Å²) in [6.45, 7) is 0. The Labute approximate surface area is 139 Å². The van der Waals surface area contributed by atoms with Gasteiger partial charge in [-0.2, -0.15) is 0 Å². The Morgan fingerprint density at radius 2 is 0.696 bits per heavy atom. The van der Waals surface area contributed by atoms with Crippen LogP contribution >= 0.6 is 0 Å². The van der Waals surface area contributed by atoms with E-state index in [1.54, 1.807) is 0 Å². The molecule has 116 valence electrons. The highest BCUT2D eigenvalue weighted by Gasteiger charge is 2.27. The molecule has 0 amide bonds. The summed E-state index contributed by atoms with van der Waals surface area (Å²) in [5, 5.41) is 21.5. The molecule has 0 fully saturated rings. The van der Waals surface area contributed by atoms with Gasteiger partial charge in [-0.3, -0.25) is 0 Å². The Balaban J connectivity index is 0.000000433. The van der Waals surface area contributed by atoms with Gasteiger partial charge in [0.2, 0.25) is 0 Å². The Morgan fingerprint density at radius 1 is 0.478 bits per heavy atom. The maximum atomic E-state index is 7.17. The number of rotatable bonds is 3. The quantitative estimate of drug-likeness (QED) is 0.513. The maximum Gasteiger partial charge on any atom is 0.631 e. The molecule has 0 unspecified atom stereocenters. The van der Waals surface area contributed by atoms with Gasteiger partial charge >= 0.3 is 7.32 Å². The first-order valence-corrected chi connectivity index (χ1v) is 8.34. The molecule has 5 heteroatoms. The van der Waals surface area contributed by atoms with Crippen molar-refractivity contribution in [3.05, 3.63) is 91.0 Å². The molecule has 0 atom stereocenters. The average molecular weight is 325 g/mol. The molecule has 0 aromatic heterocycles. The summed E-state index contributed by atoms with van der Waals surface area (Å²) in [7, 11) is -2.18. The Kier molecular flexibility index (Phi) is 6.91. The van der Waals surface area contributed by atoms with Crippen LogP contribution in [0.3, 0.4) is 0 Å². The second-order valence-electron chi connectivity index (χ2n) is 4.59. The van der Waals surface area contributed by atoms with Crippen molar-refractivity contribution in [3.63, 3.8) is 0 Å². The van der Waals surface area contributed by atoms with Gasteiger partial charge in [0.25, 0.3) is 0 Å². The second kappa shape index (κ2) is 9.17. The van der Waals surface area contributed by atoms with Crippen LogP contribution in [0.4, 0.5) is 0 Å². The number of benzene rings is 3. The van der Waals surface area contributed by atoms with Gasteiger partial charge < -0.3 is 15.1 Å². The van der Waals surface area contributed by atoms with Crippen molar-refractivity contribution in [1.29, 1.82) is 0 Å². The molecular weight excluding hydrogens is 307 g/mol. The van der Waals surface area contributed by atoms with Crippen molar-refractivity contribution in [3.8, 4) is 0 Å². The molecule has 0 saturated heterocycles. The van der Waals surface area contributed by atoms with Crippen LogP contribution in [0, 0.1) is 0 Å². The molecule has 0 aliphatic carbocycles. The van der Waals surface area contributed by atoms with E-state index in [0.717, 1.165) is 0 Å². The molecule has 0 heterocycles. The molecule has 3 aromatic carbocycles. The van der Waals surface area contributed by atoms with E-state index in [1.807, 2.05) is 0 Å². The van der Waals surface area contributed by atoms with Crippen molar-refractivity contribution < 1.29 is 15.1 Å². The van der Waals surface area contributed by atoms with E-state index in [-0.39, 0.29) is 10.9 Å². The summed E-state index contributed by atoms with van der Waals surface area (Å²) in [5.74, 6) is 0. The zero-order chi connectivity index (χ0) is 16.5. The van der Waals surface area contributed by atoms with Gasteiger partial charge in [-0.05, 0) is 36.4 Å². The maximum absolute atomic E-state index is 7.17. The third-order valence-electron chi connectivity index (χ3n) is 2.94. The summed E-state index contributed by atoms with van der Waals surface area (Å²) in [4.78, 5) is 4.08. The van der Waals surface area contributed by atoms with Gasteiger partial charge in [0.1, 0.15) is 0 Å². The lowest BCUT2D eigenvalue weighted by atomic mass is 10.3. The minimum atomic E-state index is -2.17. The van der Waals surface area contributed by atoms with Crippen LogP contribution in [0.15, 0.2) is 106 Å². The lowest BCUT2D eigenvalue weighted by molar-refractivity contribution is 0.278. The summed E-state index contributed by atoms with van der Waals surface area (Å²) < 4.78 is 0. The predicted octanol–water partition coefficient (Wildman–Crippen LogP) is 2.73. The van der Waals surface area contributed by atoms with Gasteiger partial charge in [-0.15, -0.1) is 0 Å². The predicted molar refractivity (Wildman–Crippen MR) is 93.9 cm³/mol. The smallest absolute Gasteiger partial charge is 0.402 e. The highest BCUT2D eigenvalue weighted by molar-refractivity contribution is 7.97. The van der Waals surface area contributed by atoms with E-state index in [4.69, 9.17) is 15.1 Å². The Morgan fingerprint density at radius 3 is 0.913 bits per heavy atom. The fraction of sp³-hybridized carbons (Fsp3) is 0. The third-order valence-corrected chi connectivity index (χ3v) is 5.17. The topological polar surface area (TPSA) is 60.7 Å². The van der Waals surface area contributed by atoms with Crippen molar-refractivity contribution in [1.82, 2.24) is 0 Å². The molecule has 3 N–H and O–H groups in total. The molecule has 0 radical (unpaired) electrons. The highest BCUT2D eigenvalue weighted by atomic mass is 32.2. The first kappa shape index (κ1) is 17.3. The largest absolute Gasteiger partial charge is 0.631 e. The van der Waals surface area contributed by atoms with E-state index >= 15 is 0 Å². The van der Waals surface area contributed by atoms with Crippen LogP contribution < -0.4 is 0 Å². The van der Waals surface area contributed by atoms with E-state index in [0.29, 0.717) is 0 Å². The second-order valence-corrected chi connectivity index (χ2v) is 6.62. The van der Waals surface area contributed by atoms with Gasteiger partial charge in [0.15, 0.2) is 14.7 Å². The molecule has 0 spiro atoms. The van der Waals surface area contributed by atoms with Crippen LogP contribution in [-0.4, -0.2) is 22.4 Å². The van der Waals surface area contributed by atoms with E-state index in [9.17, 15) is 0 Å². The number of hydrogen-bond acceptors (Lipinski definition) is 3. The van der Waals surface area contributed by atoms with E-state index in [1.165, 1.54) is 14.7 Å². The third kappa shape index (κ3) is 5.58. The lowest BCUT2D eigenvalue weighted by Crippen LogP contribution is -2.07. The first-order valence-electron chi connectivity index (χ1n) is 7.12. The molecule has 3 rings (SSSR count). The molecule has 0 bridgehead atoms. The zero-order valence-corrected chi connectivity index (χ0v) is 13.3. The van der Waals surface area contributed by atoms with Crippen molar-refractivity contribution in [2.75, 3.05) is 0 Å². The molecule has 0 aliphatic rings. The lowest BCUT2D eigenvalue weighted by Gasteiger charge is -2.07. The Bertz CT molecular complexity index is 582. The monoisotopic (exact) mass is 325 g/mol. The zero-order valence-electron chi connectivity index (χ0n) is 12.5. The molecule has 0 aliphatic heterocycles. The first-order chi connectivity index (χ1) is 11.2. The van der Waals surface area contributed by atoms with Crippen LogP contribution in [0.25, 0.3) is 0 Å². The summed E-state index contributed by atoms with van der Waals surface area (Å²) in [6.07, 6.45) is 0. The van der Waals surface area contributed by atoms with Crippen molar-refractivity contribution in [2.24, 2.45) is 0 Å². The summed E-state index contributed by atoms with van der Waals surface area (Å²) >= 11 is 0. The highest BCUT2D eigenvalue weighted by Crippen LogP contribution is 2.30. The normalized spacial score (nSPS) is 9.91. The van der Waals surface area contributed by atoms with Crippen LogP contribution in [-0.2, 0) is 10.9 Å². The molecule has 23 heavy (non-hydrogen) atoms. The van der Waals surface area contributed by atoms with Gasteiger partial charge in [-0.1, -0.05) is 54.6 Å². The summed E-state index contributed by atoms with van der Waals surface area (Å²) in [5.41, 5.74) is 0. The van der Waals surface area contributed by atoms with Crippen molar-refractivity contribution in [2.45, 2.75) is 14.7 Å². The fourth-order valence-electron chi connectivity index (χ4n) is 2.08. The number of hydrogen-bond donors (Lipinski definition) is 3. The van der Waals surface area contributed by atoms with E-state index < -0.39 is 7.32 Å². The minimum Gasteiger partial charge on any atom is -0.402 e. The van der Waals surface area contributed by atoms with Crippen molar-refractivity contribution >= 4 is 18.2 Å². The fourth-order valence-corrected chi connectivity index (χ4v) is 4.18. The van der Waals surface area contributed by atoms with Gasteiger partial charge in [-0.25, -0.2) is 0 Å². The SMILES string of the molecule is OB(O)O.c1ccc([S+](c2ccccc2)c2ccccc2)cc1. The molecular formula is C18H18BO3S+. The van der Waals surface area contributed by atoms with E-state index in [2.05, 4.69) is 91.0 Å². The standard InChI is InChI=1S/C18H15S.BH3O3/c1-4-10-16(11-5-1)19(17-12-6-2-7-13-17)18-14-8-3-9-15-18;2-1(3)4/h1-15H;2-4H/q+1;. The average Bonchev–Trinajstić information content (AvgIpc) is 2.58. The minimum absolute atomic E-state index is 0.0146. The van der Waals surface area contributed by atoms with Crippen LogP contribution in [0.2, 0.25) is 0 Å². The Hall–Kier alpha value is -2.05. The summed E-state index contributed by atoms with van der Waals surface area (Å²) in [6, 6.07) is 32.2. The van der Waals surface area contributed by atoms with Crippen LogP contribution in [0.5, 0.6) is 0 Å². The molecule has 3 aromatic rings.